The molecule has 2 rings (SSSR count). The SMILES string of the molecule is CCOC(=O)Cn1nc(C(N)=O)c2cc([N+](=O)[O-])ccc21. The number of amides is 1. The molecule has 0 atom stereocenters. The van der Waals surface area contributed by atoms with Crippen LogP contribution in [0, 0.1) is 10.1 Å². The maximum Gasteiger partial charge on any atom is 0.327 e. The molecule has 0 spiro atoms. The van der Waals surface area contributed by atoms with E-state index in [4.69, 9.17) is 10.5 Å². The van der Waals surface area contributed by atoms with Crippen molar-refractivity contribution in [2.75, 3.05) is 6.61 Å². The number of benzene rings is 1. The molecule has 0 saturated carbocycles. The number of aromatic nitrogens is 2. The molecule has 2 N–H and O–H groups in total. The van der Waals surface area contributed by atoms with Crippen LogP contribution in [0.25, 0.3) is 10.9 Å². The summed E-state index contributed by atoms with van der Waals surface area (Å²) in [4.78, 5) is 33.1. The van der Waals surface area contributed by atoms with Gasteiger partial charge in [-0.25, -0.2) is 0 Å². The van der Waals surface area contributed by atoms with Crippen LogP contribution >= 0.6 is 0 Å². The third-order valence-electron chi connectivity index (χ3n) is 2.76. The van der Waals surface area contributed by atoms with Crippen LogP contribution in [0.15, 0.2) is 18.2 Å². The average Bonchev–Trinajstić information content (AvgIpc) is 2.77. The lowest BCUT2D eigenvalue weighted by molar-refractivity contribution is -0.384. The molecular formula is C12H12N4O5. The normalized spacial score (nSPS) is 10.5. The summed E-state index contributed by atoms with van der Waals surface area (Å²) in [6.45, 7) is 1.67. The summed E-state index contributed by atoms with van der Waals surface area (Å²) in [5, 5.41) is 14.9. The summed E-state index contributed by atoms with van der Waals surface area (Å²) in [6, 6.07) is 3.87. The number of nitro groups is 1. The van der Waals surface area contributed by atoms with Gasteiger partial charge in [-0.1, -0.05) is 0 Å². The number of nitrogens with two attached hydrogens (primary N) is 1. The van der Waals surface area contributed by atoms with Crippen LogP contribution in [0.5, 0.6) is 0 Å². The molecule has 1 amide bonds. The van der Waals surface area contributed by atoms with Gasteiger partial charge in [0.05, 0.1) is 17.0 Å². The lowest BCUT2D eigenvalue weighted by atomic mass is 10.2. The predicted molar refractivity (Wildman–Crippen MR) is 71.5 cm³/mol. The van der Waals surface area contributed by atoms with Crippen molar-refractivity contribution >= 4 is 28.5 Å². The smallest absolute Gasteiger partial charge is 0.327 e. The van der Waals surface area contributed by atoms with Crippen LogP contribution in [0.2, 0.25) is 0 Å². The summed E-state index contributed by atoms with van der Waals surface area (Å²) in [6.07, 6.45) is 0. The number of esters is 1. The zero-order chi connectivity index (χ0) is 15.6. The minimum atomic E-state index is -0.830. The molecule has 9 heteroatoms. The molecule has 0 bridgehead atoms. The van der Waals surface area contributed by atoms with Gasteiger partial charge in [-0.15, -0.1) is 0 Å². The quantitative estimate of drug-likeness (QED) is 0.488. The fourth-order valence-electron chi connectivity index (χ4n) is 1.91. The number of rotatable bonds is 5. The van der Waals surface area contributed by atoms with E-state index in [1.54, 1.807) is 6.92 Å². The predicted octanol–water partition coefficient (Wildman–Crippen LogP) is 0.607. The van der Waals surface area contributed by atoms with E-state index in [0.29, 0.717) is 5.52 Å². The first-order valence-corrected chi connectivity index (χ1v) is 6.04. The highest BCUT2D eigenvalue weighted by Gasteiger charge is 2.19. The number of hydrogen-bond donors (Lipinski definition) is 1. The van der Waals surface area contributed by atoms with Gasteiger partial charge in [0, 0.05) is 17.5 Å². The number of nitrogens with zero attached hydrogens (tertiary/aromatic N) is 3. The van der Waals surface area contributed by atoms with Gasteiger partial charge in [0.15, 0.2) is 5.69 Å². The lowest BCUT2D eigenvalue weighted by Crippen LogP contribution is -2.16. The van der Waals surface area contributed by atoms with Crippen molar-refractivity contribution in [2.45, 2.75) is 13.5 Å². The van der Waals surface area contributed by atoms with E-state index in [1.807, 2.05) is 0 Å². The Kier molecular flexibility index (Phi) is 3.83. The molecule has 0 saturated heterocycles. The molecule has 110 valence electrons. The largest absolute Gasteiger partial charge is 0.465 e. The number of carbonyl (C=O) groups is 2. The molecule has 0 aliphatic rings. The second-order valence-electron chi connectivity index (χ2n) is 4.13. The van der Waals surface area contributed by atoms with Crippen LogP contribution in [-0.4, -0.2) is 33.2 Å². The number of fused-ring (bicyclic) bond motifs is 1. The number of primary amides is 1. The monoisotopic (exact) mass is 292 g/mol. The molecule has 0 aliphatic carbocycles. The highest BCUT2D eigenvalue weighted by atomic mass is 16.6. The maximum absolute atomic E-state index is 11.5. The van der Waals surface area contributed by atoms with E-state index in [2.05, 4.69) is 5.10 Å². The molecular weight excluding hydrogens is 280 g/mol. The van der Waals surface area contributed by atoms with Crippen molar-refractivity contribution in [1.82, 2.24) is 9.78 Å². The zero-order valence-corrected chi connectivity index (χ0v) is 11.1. The zero-order valence-electron chi connectivity index (χ0n) is 11.1. The van der Waals surface area contributed by atoms with E-state index in [1.165, 1.54) is 22.9 Å². The summed E-state index contributed by atoms with van der Waals surface area (Å²) < 4.78 is 6.04. The Morgan fingerprint density at radius 3 is 2.76 bits per heavy atom. The number of nitro benzene ring substituents is 1. The first-order valence-electron chi connectivity index (χ1n) is 6.04. The lowest BCUT2D eigenvalue weighted by Gasteiger charge is -2.03. The number of ether oxygens (including phenoxy) is 1. The third kappa shape index (κ3) is 2.81. The van der Waals surface area contributed by atoms with Crippen molar-refractivity contribution < 1.29 is 19.2 Å². The molecule has 9 nitrogen and oxygen atoms in total. The Hall–Kier alpha value is -2.97. The van der Waals surface area contributed by atoms with E-state index in [0.717, 1.165) is 0 Å². The standard InChI is InChI=1S/C12H12N4O5/c1-2-21-10(17)6-15-9-4-3-7(16(19)20)5-8(9)11(14-15)12(13)18/h3-5H,2,6H2,1H3,(H2,13,18). The Labute approximate surface area is 118 Å². The van der Waals surface area contributed by atoms with E-state index >= 15 is 0 Å². The number of carbonyl (C=O) groups excluding carboxylic acids is 2. The molecule has 0 fully saturated rings. The first-order chi connectivity index (χ1) is 9.93. The summed E-state index contributed by atoms with van der Waals surface area (Å²) >= 11 is 0. The second-order valence-corrected chi connectivity index (χ2v) is 4.13. The van der Waals surface area contributed by atoms with Gasteiger partial charge in [0.25, 0.3) is 11.6 Å². The highest BCUT2D eigenvalue weighted by Crippen LogP contribution is 2.24. The molecule has 0 radical (unpaired) electrons. The van der Waals surface area contributed by atoms with Crippen LogP contribution in [0.4, 0.5) is 5.69 Å². The minimum Gasteiger partial charge on any atom is -0.465 e. The molecule has 1 heterocycles. The topological polar surface area (TPSA) is 130 Å². The van der Waals surface area contributed by atoms with Gasteiger partial charge in [-0.3, -0.25) is 24.4 Å². The van der Waals surface area contributed by atoms with Crippen LogP contribution in [0.1, 0.15) is 17.4 Å². The summed E-state index contributed by atoms with van der Waals surface area (Å²) in [5.74, 6) is -1.36. The minimum absolute atomic E-state index is 0.127. The fraction of sp³-hybridized carbons (Fsp3) is 0.250. The Morgan fingerprint density at radius 2 is 2.19 bits per heavy atom. The van der Waals surface area contributed by atoms with Gasteiger partial charge in [0.1, 0.15) is 6.54 Å². The van der Waals surface area contributed by atoms with E-state index in [-0.39, 0.29) is 29.9 Å². The van der Waals surface area contributed by atoms with Crippen molar-refractivity contribution in [2.24, 2.45) is 5.73 Å². The third-order valence-corrected chi connectivity index (χ3v) is 2.76. The van der Waals surface area contributed by atoms with E-state index < -0.39 is 16.8 Å². The van der Waals surface area contributed by atoms with Crippen molar-refractivity contribution in [3.8, 4) is 0 Å². The Bertz CT molecular complexity index is 737. The van der Waals surface area contributed by atoms with Gasteiger partial charge < -0.3 is 10.5 Å². The van der Waals surface area contributed by atoms with Gasteiger partial charge in [-0.05, 0) is 13.0 Å². The second kappa shape index (κ2) is 5.57. The van der Waals surface area contributed by atoms with Gasteiger partial charge in [-0.2, -0.15) is 5.10 Å². The Morgan fingerprint density at radius 1 is 1.48 bits per heavy atom. The van der Waals surface area contributed by atoms with Crippen LogP contribution in [-0.2, 0) is 16.1 Å². The molecule has 21 heavy (non-hydrogen) atoms. The fourth-order valence-corrected chi connectivity index (χ4v) is 1.91. The summed E-state index contributed by atoms with van der Waals surface area (Å²) in [7, 11) is 0. The van der Waals surface area contributed by atoms with Gasteiger partial charge in [0.2, 0.25) is 0 Å². The maximum atomic E-state index is 11.5. The van der Waals surface area contributed by atoms with Crippen molar-refractivity contribution in [1.29, 1.82) is 0 Å². The number of hydrogen-bond acceptors (Lipinski definition) is 6. The van der Waals surface area contributed by atoms with Crippen LogP contribution < -0.4 is 5.73 Å². The average molecular weight is 292 g/mol. The highest BCUT2D eigenvalue weighted by molar-refractivity contribution is 6.04. The van der Waals surface area contributed by atoms with Gasteiger partial charge >= 0.3 is 5.97 Å². The Balaban J connectivity index is 2.55. The van der Waals surface area contributed by atoms with Crippen molar-refractivity contribution in [3.63, 3.8) is 0 Å². The molecule has 1 aromatic heterocycles. The first kappa shape index (κ1) is 14.4. The van der Waals surface area contributed by atoms with Crippen LogP contribution in [0.3, 0.4) is 0 Å². The molecule has 0 aliphatic heterocycles. The molecule has 0 unspecified atom stereocenters. The summed E-state index contributed by atoms with van der Waals surface area (Å²) in [5.41, 5.74) is 5.28. The molecule has 2 aromatic rings. The van der Waals surface area contributed by atoms with E-state index in [9.17, 15) is 19.7 Å². The van der Waals surface area contributed by atoms with Crippen molar-refractivity contribution in [3.05, 3.63) is 34.0 Å². The molecule has 1 aromatic carbocycles. The number of non-ortho nitro benzene ring substituents is 1.